The number of hydrogen-bond donors (Lipinski definition) is 23. The molecule has 2 saturated heterocycles. The molecular weight excluding hydrogens is 1670 g/mol. The number of rotatable bonds is 21. The van der Waals surface area contributed by atoms with Gasteiger partial charge in [0.05, 0.1) is 41.3 Å². The van der Waals surface area contributed by atoms with Gasteiger partial charge in [0.1, 0.15) is 89.4 Å². The molecule has 7 heterocycles. The van der Waals surface area contributed by atoms with Crippen LogP contribution in [-0.4, -0.2) is 199 Å². The summed E-state index contributed by atoms with van der Waals surface area (Å²) in [6, 6.07) is 16.2. The van der Waals surface area contributed by atoms with Crippen LogP contribution in [0.3, 0.4) is 0 Å². The number of guanidine groups is 2. The number of hydrogen-bond acceptors (Lipinski definition) is 25. The molecule has 26 N–H and O–H groups in total. The average molecular weight is 1760 g/mol. The first kappa shape index (κ1) is 90.4. The van der Waals surface area contributed by atoms with E-state index in [9.17, 15) is 55.2 Å². The number of nitrogens with one attached hydrogen (secondary N) is 12. The molecule has 2 fully saturated rings. The van der Waals surface area contributed by atoms with Crippen LogP contribution in [0.1, 0.15) is 111 Å². The number of amides is 8. The highest BCUT2D eigenvalue weighted by Crippen LogP contribution is 2.50. The maximum absolute atomic E-state index is 16.4. The lowest BCUT2D eigenvalue weighted by Crippen LogP contribution is -2.65. The van der Waals surface area contributed by atoms with Crippen LogP contribution in [0, 0.1) is 16.7 Å². The molecule has 7 aromatic carbocycles. The SMILES string of the molecule is CC(C)CCC(=O)N[C@H]1C(=O)N[C@@H](CC(N)=O)C(=O)N[C@H]2C(=O)N[C@H]3C(=O)N[C@@H](Cc4ccc(c(Cl)c4)Oc4cc2cc(c4O[C@H]2OC(CO)C(O)C(O)[C@H]2O[C@H]2CC(C)(NCc4ccc(-c5ccc(Cl)cc5)cc4)C(O)[C@H](C)O2)Oc2ccc(cc2Cl)[C@H]1O)C(=O)N[C@H](C(=O)NC(CNC(=N)N)CNC(=N)N)c1cc(O)cc(O)c1-c1cc3ccc1O. The van der Waals surface area contributed by atoms with Gasteiger partial charge in [-0.15, -0.1) is 0 Å². The van der Waals surface area contributed by atoms with Crippen molar-refractivity contribution in [1.29, 1.82) is 10.8 Å². The number of phenols is 3. The fourth-order valence-electron chi connectivity index (χ4n) is 14.9. The van der Waals surface area contributed by atoms with Gasteiger partial charge in [-0.05, 0) is 137 Å². The van der Waals surface area contributed by atoms with E-state index in [-0.39, 0.29) is 76.6 Å². The van der Waals surface area contributed by atoms with Gasteiger partial charge in [0.25, 0.3) is 0 Å². The Morgan fingerprint density at radius 2 is 1.28 bits per heavy atom. The number of nitrogens with two attached hydrogens (primary N) is 3. The highest BCUT2D eigenvalue weighted by atomic mass is 35.5. The number of carbonyl (C=O) groups is 8. The van der Waals surface area contributed by atoms with E-state index >= 15 is 24.0 Å². The number of primary amides is 1. The predicted molar refractivity (Wildman–Crippen MR) is 443 cm³/mol. The van der Waals surface area contributed by atoms with Gasteiger partial charge in [0.15, 0.2) is 35.8 Å². The van der Waals surface area contributed by atoms with E-state index in [1.807, 2.05) is 50.2 Å². The first-order chi connectivity index (χ1) is 58.4. The lowest BCUT2D eigenvalue weighted by Gasteiger charge is -2.48. The predicted octanol–water partition coefficient (Wildman–Crippen LogP) is 2.94. The van der Waals surface area contributed by atoms with Crippen LogP contribution >= 0.6 is 34.8 Å². The zero-order chi connectivity index (χ0) is 88.7. The van der Waals surface area contributed by atoms with Crippen molar-refractivity contribution in [2.75, 3.05) is 19.7 Å². The molecule has 5 unspecified atom stereocenters. The summed E-state index contributed by atoms with van der Waals surface area (Å²) in [7, 11) is 0. The second-order valence-corrected chi connectivity index (χ2v) is 32.3. The molecule has 14 rings (SSSR count). The van der Waals surface area contributed by atoms with E-state index < -0.39 is 239 Å². The summed E-state index contributed by atoms with van der Waals surface area (Å²) in [4.78, 5) is 120. The summed E-state index contributed by atoms with van der Waals surface area (Å²) in [5.74, 6) is -15.3. The zero-order valence-corrected chi connectivity index (χ0v) is 68.7. The Labute approximate surface area is 718 Å². The van der Waals surface area contributed by atoms with E-state index in [2.05, 4.69) is 53.2 Å². The summed E-state index contributed by atoms with van der Waals surface area (Å²) in [6.45, 7) is 5.61. The van der Waals surface area contributed by atoms with E-state index in [1.165, 1.54) is 30.3 Å². The van der Waals surface area contributed by atoms with E-state index in [4.69, 9.17) is 91.2 Å². The number of carbonyl (C=O) groups excluding carboxylic acids is 8. The monoisotopic (exact) mass is 1760 g/mol. The summed E-state index contributed by atoms with van der Waals surface area (Å²) in [6.07, 6.45) is -16.9. The van der Waals surface area contributed by atoms with Gasteiger partial charge in [0.2, 0.25) is 59.3 Å². The molecule has 0 aromatic heterocycles. The minimum absolute atomic E-state index is 0.0286. The van der Waals surface area contributed by atoms with Crippen molar-refractivity contribution >= 4 is 94.0 Å². The lowest BCUT2D eigenvalue weighted by molar-refractivity contribution is -0.334. The normalized spacial score (nSPS) is 25.5. The molecular formula is C83H94Cl3N15O22. The summed E-state index contributed by atoms with van der Waals surface area (Å²) < 4.78 is 39.8. The number of aliphatic hydroxyl groups is 5. The third kappa shape index (κ3) is 21.4. The van der Waals surface area contributed by atoms with Crippen LogP contribution in [0.25, 0.3) is 22.3 Å². The van der Waals surface area contributed by atoms with E-state index in [0.29, 0.717) is 11.4 Å². The second-order valence-electron chi connectivity index (χ2n) is 31.1. The van der Waals surface area contributed by atoms with Crippen molar-refractivity contribution in [1.82, 2.24) is 53.2 Å². The van der Waals surface area contributed by atoms with Crippen LogP contribution in [-0.2, 0) is 65.5 Å². The Morgan fingerprint density at radius 3 is 1.91 bits per heavy atom. The van der Waals surface area contributed by atoms with Gasteiger partial charge in [-0.25, -0.2) is 0 Å². The third-order valence-corrected chi connectivity index (χ3v) is 22.3. The van der Waals surface area contributed by atoms with Gasteiger partial charge in [-0.1, -0.05) is 103 Å². The van der Waals surface area contributed by atoms with Crippen LogP contribution in [0.5, 0.6) is 46.0 Å². The van der Waals surface area contributed by atoms with Gasteiger partial charge in [0, 0.05) is 66.7 Å². The molecule has 7 aromatic rings. The molecule has 7 aliphatic rings. The van der Waals surface area contributed by atoms with Crippen molar-refractivity contribution in [3.8, 4) is 68.2 Å². The Kier molecular flexibility index (Phi) is 28.4. The van der Waals surface area contributed by atoms with Crippen molar-refractivity contribution in [3.05, 3.63) is 176 Å². The first-order valence-corrected chi connectivity index (χ1v) is 40.2. The van der Waals surface area contributed by atoms with Crippen molar-refractivity contribution in [2.45, 2.75) is 169 Å². The van der Waals surface area contributed by atoms with E-state index in [1.54, 1.807) is 26.0 Å². The summed E-state index contributed by atoms with van der Waals surface area (Å²) in [5.41, 5.74) is 16.4. The molecule has 7 aliphatic heterocycles. The number of halogens is 3. The Balaban J connectivity index is 1.03. The molecule has 40 heteroatoms. The minimum atomic E-state index is -2.33. The minimum Gasteiger partial charge on any atom is -0.508 e. The van der Waals surface area contributed by atoms with Gasteiger partial charge < -0.3 is 140 Å². The van der Waals surface area contributed by atoms with Crippen LogP contribution < -0.4 is 84.6 Å². The first-order valence-electron chi connectivity index (χ1n) is 39.0. The van der Waals surface area contributed by atoms with Gasteiger partial charge >= 0.3 is 0 Å². The molecule has 37 nitrogen and oxygen atoms in total. The summed E-state index contributed by atoms with van der Waals surface area (Å²) >= 11 is 20.6. The van der Waals surface area contributed by atoms with Crippen LogP contribution in [0.15, 0.2) is 127 Å². The van der Waals surface area contributed by atoms with Gasteiger partial charge in [-0.3, -0.25) is 49.2 Å². The molecule has 0 radical (unpaired) electrons. The molecule has 11 bridgehead atoms. The molecule has 0 spiro atoms. The largest absolute Gasteiger partial charge is 0.508 e. The van der Waals surface area contributed by atoms with Crippen LogP contribution in [0.4, 0.5) is 0 Å². The second kappa shape index (κ2) is 38.7. The number of benzene rings is 7. The quantitative estimate of drug-likeness (QED) is 0.0363. The number of aromatic hydroxyl groups is 3. The zero-order valence-electron chi connectivity index (χ0n) is 66.5. The number of aliphatic hydroxyl groups excluding tert-OH is 5. The molecule has 654 valence electrons. The number of ether oxygens (including phenoxy) is 6. The number of phenolic OH excluding ortho intramolecular Hbond substituents is 3. The smallest absolute Gasteiger partial charge is 0.248 e. The molecule has 0 saturated carbocycles. The maximum atomic E-state index is 16.4. The maximum Gasteiger partial charge on any atom is 0.248 e. The van der Waals surface area contributed by atoms with Crippen molar-refractivity contribution < 1.29 is 108 Å². The van der Waals surface area contributed by atoms with Crippen LogP contribution in [0.2, 0.25) is 15.1 Å². The average Bonchev–Trinajstić information content (AvgIpc) is 0.767. The molecule has 123 heavy (non-hydrogen) atoms. The number of fused-ring (bicyclic) bond motifs is 15. The fourth-order valence-corrected chi connectivity index (χ4v) is 15.5. The topological polar surface area (TPSA) is 600 Å². The third-order valence-electron chi connectivity index (χ3n) is 21.5. The van der Waals surface area contributed by atoms with Gasteiger partial charge in [-0.2, -0.15) is 0 Å². The Bertz CT molecular complexity index is 5180. The highest BCUT2D eigenvalue weighted by Gasteiger charge is 2.52. The lowest BCUT2D eigenvalue weighted by atomic mass is 9.84. The van der Waals surface area contributed by atoms with Crippen molar-refractivity contribution in [3.63, 3.8) is 0 Å². The highest BCUT2D eigenvalue weighted by molar-refractivity contribution is 6.32. The molecule has 8 amide bonds. The Morgan fingerprint density at radius 1 is 0.667 bits per heavy atom. The Hall–Kier alpha value is -11.9. The molecule has 16 atom stereocenters. The molecule has 0 aliphatic carbocycles. The van der Waals surface area contributed by atoms with E-state index in [0.717, 1.165) is 65.2 Å². The summed E-state index contributed by atoms with van der Waals surface area (Å²) in [5, 5.41) is 137. The standard InChI is InChI=1S/C83H94Cl3N15O22/c1-35(2)5-20-61(107)98-67-68(108)42-14-19-56(50(86)24-42)120-58-26-43-25-57(71(58)123-80-72(70(110)69(109)59(34-102)121-80)122-62-30-83(4,73(111)36(3)118-62)94-31-37-6-9-39(10-7-37)40-11-15-44(84)16-12-40)119-55-18-8-38(21-49(55)85)22-51-74(112)101-66(78(116)95-45(32-92-81(88)89)33-93-82(90)91)48-27-46(103)28-54(105)63(48)47-23-41(13-17-53(47)104)64(76(114)96-51)100-77(115)65(43)99-75(113)52(29-60(87)106)97-79(67)117/h6-19,21,23-28,35-36,45,51-52,59,62,64-70,72-73,80,94,102-105,108-111H,5,20,22,29-34H2,1-4H3,(H2,87,106)(H,95,116)(H,96,114)(H,97,117)(H,98,107)(H,99,113)(H,100,115)(H,101,112)(H4,88,89,92)(H4,90,91,93)/t36-,51-,52-,59?,62-,64+,65+,66-,67+,68+,69?,70?,72+,73?,80+,83?/m0/s1. The van der Waals surface area contributed by atoms with Crippen molar-refractivity contribution in [2.24, 2.45) is 23.1 Å². The fraction of sp³-hybridized carbons (Fsp3) is 0.373.